The van der Waals surface area contributed by atoms with Gasteiger partial charge in [-0.15, -0.1) is 0 Å². The molecule has 0 aromatic rings. The van der Waals surface area contributed by atoms with Gasteiger partial charge in [-0.05, 0) is 0 Å². The Bertz CT molecular complexity index is 79.7. The second kappa shape index (κ2) is 9.07. The summed E-state index contributed by atoms with van der Waals surface area (Å²) in [5, 5.41) is 5.40. The highest BCUT2D eigenvalue weighted by molar-refractivity contribution is 7.73. The zero-order valence-corrected chi connectivity index (χ0v) is 3.90. The second-order valence-corrected chi connectivity index (χ2v) is 0.753. The molecule has 0 aromatic carbocycles. The van der Waals surface area contributed by atoms with Crippen LogP contribution in [0, 0.1) is 5.41 Å². The molecular weight excluding hydrogens is 122 g/mol. The molecule has 6 heteroatoms. The fraction of sp³-hybridized carbons (Fsp3) is 0. The minimum atomic E-state index is -2.86. The summed E-state index contributed by atoms with van der Waals surface area (Å²) in [7, 11) is 0. The van der Waals surface area contributed by atoms with Gasteiger partial charge in [-0.1, -0.05) is 0 Å². The molecule has 0 aliphatic carbocycles. The second-order valence-electron chi connectivity index (χ2n) is 0.319. The van der Waals surface area contributed by atoms with Crippen LogP contribution < -0.4 is 0 Å². The molecular formula is CH2NO4S-. The van der Waals surface area contributed by atoms with E-state index in [9.17, 15) is 0 Å². The highest BCUT2D eigenvalue weighted by Gasteiger charge is 1.42. The van der Waals surface area contributed by atoms with Crippen LogP contribution >= 0.6 is 0 Å². The molecule has 0 bridgehead atoms. The summed E-state index contributed by atoms with van der Waals surface area (Å²) in [6.07, 6.45) is 0.750. The Morgan fingerprint density at radius 3 is 1.86 bits per heavy atom. The number of carbonyl (C=O) groups excluding carboxylic acids is 1. The molecule has 0 spiro atoms. The molecule has 1 unspecified atom stereocenters. The molecule has 0 aromatic heterocycles. The van der Waals surface area contributed by atoms with E-state index in [4.69, 9.17) is 23.5 Å². The number of hydrogen-bond donors (Lipinski definition) is 2. The lowest BCUT2D eigenvalue weighted by Gasteiger charge is -1.83. The van der Waals surface area contributed by atoms with Gasteiger partial charge in [-0.25, -0.2) is 14.4 Å². The van der Waals surface area contributed by atoms with Gasteiger partial charge in [0.25, 0.3) is 0 Å². The third kappa shape index (κ3) is 214. The largest absolute Gasteiger partial charge is 0.750 e. The predicted octanol–water partition coefficient (Wildman–Crippen LogP) is -0.761. The van der Waals surface area contributed by atoms with E-state index in [1.165, 1.54) is 0 Å². The third-order valence-corrected chi connectivity index (χ3v) is 0. The SMILES string of the molecule is N=C=O.O=S([O-])O. The molecule has 0 heterocycles. The van der Waals surface area contributed by atoms with Crippen LogP contribution in [-0.2, 0) is 16.2 Å². The van der Waals surface area contributed by atoms with E-state index in [0.717, 1.165) is 6.08 Å². The van der Waals surface area contributed by atoms with Crippen LogP contribution in [0.3, 0.4) is 0 Å². The number of rotatable bonds is 0. The Kier molecular flexibility index (Phi) is 12.5. The van der Waals surface area contributed by atoms with E-state index >= 15 is 0 Å². The van der Waals surface area contributed by atoms with Gasteiger partial charge in [-0.2, -0.15) is 0 Å². The Balaban J connectivity index is 0. The molecule has 0 saturated heterocycles. The van der Waals surface area contributed by atoms with Gasteiger partial charge >= 0.3 is 0 Å². The van der Waals surface area contributed by atoms with Gasteiger partial charge in [0.1, 0.15) is 0 Å². The summed E-state index contributed by atoms with van der Waals surface area (Å²) < 4.78 is 24.1. The number of isocyanates is 1. The van der Waals surface area contributed by atoms with Crippen LogP contribution in [0.4, 0.5) is 0 Å². The van der Waals surface area contributed by atoms with Crippen LogP contribution in [-0.4, -0.2) is 19.4 Å². The molecule has 0 rings (SSSR count). The van der Waals surface area contributed by atoms with Crippen molar-refractivity contribution in [2.24, 2.45) is 0 Å². The van der Waals surface area contributed by atoms with Crippen molar-refractivity contribution in [3.8, 4) is 0 Å². The van der Waals surface area contributed by atoms with Crippen LogP contribution in [0.5, 0.6) is 0 Å². The fourth-order valence-electron chi connectivity index (χ4n) is 0. The standard InChI is InChI=1S/CHNO.H2O3S/c2-1-3;1-4(2)3/h2H;(H2,1,2,3)/p-1. The molecule has 0 aliphatic rings. The van der Waals surface area contributed by atoms with Crippen molar-refractivity contribution >= 4 is 17.4 Å². The van der Waals surface area contributed by atoms with E-state index in [2.05, 4.69) is 0 Å². The van der Waals surface area contributed by atoms with E-state index in [1.54, 1.807) is 0 Å². The minimum absolute atomic E-state index is 0.750. The van der Waals surface area contributed by atoms with Gasteiger partial charge in [0, 0.05) is 0 Å². The minimum Gasteiger partial charge on any atom is -0.750 e. The highest BCUT2D eigenvalue weighted by atomic mass is 32.2. The third-order valence-electron chi connectivity index (χ3n) is 0. The maximum absolute atomic E-state index is 8.56. The maximum Gasteiger partial charge on any atom is 0.231 e. The summed E-state index contributed by atoms with van der Waals surface area (Å²) in [5.74, 6) is 0. The molecule has 7 heavy (non-hydrogen) atoms. The summed E-state index contributed by atoms with van der Waals surface area (Å²) >= 11 is -2.86. The van der Waals surface area contributed by atoms with Crippen molar-refractivity contribution in [3.63, 3.8) is 0 Å². The van der Waals surface area contributed by atoms with Crippen molar-refractivity contribution < 1.29 is 18.1 Å². The first-order chi connectivity index (χ1) is 3.15. The molecule has 1 atom stereocenters. The average Bonchev–Trinajstić information content (AvgIpc) is 1.33. The topological polar surface area (TPSA) is 101 Å². The monoisotopic (exact) mass is 124 g/mol. The van der Waals surface area contributed by atoms with Gasteiger partial charge in [0.2, 0.25) is 6.08 Å². The van der Waals surface area contributed by atoms with Crippen LogP contribution in [0.2, 0.25) is 0 Å². The number of nitrogens with one attached hydrogen (secondary N) is 1. The van der Waals surface area contributed by atoms with Gasteiger partial charge in [0.15, 0.2) is 0 Å². The molecule has 0 fully saturated rings. The lowest BCUT2D eigenvalue weighted by molar-refractivity contribution is 0.436. The Labute approximate surface area is 42.0 Å². The Hall–Kier alpha value is -0.550. The Morgan fingerprint density at radius 1 is 1.86 bits per heavy atom. The van der Waals surface area contributed by atoms with Crippen LogP contribution in [0.25, 0.3) is 0 Å². The first kappa shape index (κ1) is 9.67. The quantitative estimate of drug-likeness (QED) is 0.251. The summed E-state index contributed by atoms with van der Waals surface area (Å²) in [6.45, 7) is 0. The maximum atomic E-state index is 8.56. The predicted molar refractivity (Wildman–Crippen MR) is 20.0 cm³/mol. The van der Waals surface area contributed by atoms with E-state index in [1.807, 2.05) is 0 Å². The van der Waals surface area contributed by atoms with Crippen molar-refractivity contribution in [2.75, 3.05) is 0 Å². The van der Waals surface area contributed by atoms with E-state index < -0.39 is 11.4 Å². The molecule has 5 nitrogen and oxygen atoms in total. The van der Waals surface area contributed by atoms with Gasteiger partial charge < -0.3 is 9.11 Å². The lowest BCUT2D eigenvalue weighted by Crippen LogP contribution is -1.75. The van der Waals surface area contributed by atoms with Gasteiger partial charge in [0.05, 0.1) is 11.4 Å². The van der Waals surface area contributed by atoms with Crippen molar-refractivity contribution in [3.05, 3.63) is 0 Å². The molecule has 42 valence electrons. The van der Waals surface area contributed by atoms with E-state index in [0.29, 0.717) is 0 Å². The molecule has 0 saturated carbocycles. The van der Waals surface area contributed by atoms with E-state index in [-0.39, 0.29) is 0 Å². The summed E-state index contributed by atoms with van der Waals surface area (Å²) in [5.41, 5.74) is 0. The normalized spacial score (nSPS) is 10.0. The lowest BCUT2D eigenvalue weighted by atomic mass is 11.7. The van der Waals surface area contributed by atoms with Crippen molar-refractivity contribution in [1.29, 1.82) is 5.41 Å². The average molecular weight is 124 g/mol. The zero-order valence-electron chi connectivity index (χ0n) is 3.08. The fourth-order valence-corrected chi connectivity index (χ4v) is 0. The van der Waals surface area contributed by atoms with Crippen molar-refractivity contribution in [1.82, 2.24) is 0 Å². The number of hydrogen-bond acceptors (Lipinski definition) is 4. The molecule has 0 radical (unpaired) electrons. The van der Waals surface area contributed by atoms with Crippen LogP contribution in [0.1, 0.15) is 0 Å². The van der Waals surface area contributed by atoms with Gasteiger partial charge in [-0.3, -0.25) is 0 Å². The molecule has 0 aliphatic heterocycles. The van der Waals surface area contributed by atoms with Crippen LogP contribution in [0.15, 0.2) is 0 Å². The first-order valence-electron chi connectivity index (χ1n) is 0.970. The van der Waals surface area contributed by atoms with Crippen molar-refractivity contribution in [2.45, 2.75) is 0 Å². The highest BCUT2D eigenvalue weighted by Crippen LogP contribution is 1.43. The zero-order chi connectivity index (χ0) is 6.28. The first-order valence-corrected chi connectivity index (χ1v) is 2.00. The smallest absolute Gasteiger partial charge is 0.231 e. The summed E-state index contributed by atoms with van der Waals surface area (Å²) in [4.78, 5) is 8.35. The molecule has 2 N–H and O–H groups in total. The summed E-state index contributed by atoms with van der Waals surface area (Å²) in [6, 6.07) is 0. The molecule has 0 amide bonds. The Morgan fingerprint density at radius 2 is 1.86 bits per heavy atom.